The van der Waals surface area contributed by atoms with E-state index in [1.54, 1.807) is 24.3 Å². The highest BCUT2D eigenvalue weighted by Gasteiger charge is 2.25. The molecular weight excluding hydrogens is 396 g/mol. The van der Waals surface area contributed by atoms with Gasteiger partial charge in [0.05, 0.1) is 40.0 Å². The maximum atomic E-state index is 12.6. The predicted molar refractivity (Wildman–Crippen MR) is 104 cm³/mol. The van der Waals surface area contributed by atoms with Crippen LogP contribution in [0, 0.1) is 20.2 Å². The molecule has 1 heterocycles. The first-order chi connectivity index (χ1) is 14.4. The summed E-state index contributed by atoms with van der Waals surface area (Å²) in [7, 11) is 0. The number of nitro groups is 2. The molecule has 2 amide bonds. The average molecular weight is 410 g/mol. The first-order valence-corrected chi connectivity index (χ1v) is 8.50. The van der Waals surface area contributed by atoms with Crippen LogP contribution in [0.1, 0.15) is 26.5 Å². The van der Waals surface area contributed by atoms with Gasteiger partial charge >= 0.3 is 0 Å². The molecule has 30 heavy (non-hydrogen) atoms. The lowest BCUT2D eigenvalue weighted by Gasteiger charge is -2.11. The summed E-state index contributed by atoms with van der Waals surface area (Å²) in [5.74, 6) is -0.852. The Bertz CT molecular complexity index is 1130. The van der Waals surface area contributed by atoms with E-state index >= 15 is 0 Å². The van der Waals surface area contributed by atoms with E-state index in [2.05, 4.69) is 10.6 Å². The molecular formula is C19H14N4O7. The minimum atomic E-state index is -0.886. The van der Waals surface area contributed by atoms with Crippen LogP contribution in [-0.2, 0) is 6.54 Å². The van der Waals surface area contributed by atoms with Gasteiger partial charge in [0.1, 0.15) is 11.3 Å². The number of para-hydroxylation sites is 1. The van der Waals surface area contributed by atoms with Crippen LogP contribution >= 0.6 is 0 Å². The number of nitrogens with one attached hydrogen (secondary N) is 2. The highest BCUT2D eigenvalue weighted by Crippen LogP contribution is 2.26. The van der Waals surface area contributed by atoms with Crippen molar-refractivity contribution in [3.8, 4) is 0 Å². The lowest BCUT2D eigenvalue weighted by molar-refractivity contribution is -0.394. The van der Waals surface area contributed by atoms with E-state index in [4.69, 9.17) is 4.42 Å². The van der Waals surface area contributed by atoms with Gasteiger partial charge in [0.25, 0.3) is 23.2 Å². The van der Waals surface area contributed by atoms with Crippen LogP contribution < -0.4 is 10.6 Å². The first kappa shape index (κ1) is 20.2. The molecule has 0 saturated heterocycles. The first-order valence-electron chi connectivity index (χ1n) is 8.50. The quantitative estimate of drug-likeness (QED) is 0.447. The molecule has 0 unspecified atom stereocenters. The van der Waals surface area contributed by atoms with Crippen molar-refractivity contribution in [1.29, 1.82) is 0 Å². The molecule has 0 aliphatic rings. The van der Waals surface area contributed by atoms with E-state index in [0.29, 0.717) is 11.8 Å². The summed E-state index contributed by atoms with van der Waals surface area (Å²) >= 11 is 0. The summed E-state index contributed by atoms with van der Waals surface area (Å²) in [5.41, 5.74) is -1.37. The Balaban J connectivity index is 1.83. The fourth-order valence-corrected chi connectivity index (χ4v) is 2.63. The molecule has 0 aliphatic carbocycles. The van der Waals surface area contributed by atoms with Gasteiger partial charge in [0.15, 0.2) is 0 Å². The molecule has 11 heteroatoms. The number of rotatable bonds is 7. The van der Waals surface area contributed by atoms with E-state index < -0.39 is 33.0 Å². The minimum absolute atomic E-state index is 0.118. The Hall–Kier alpha value is -4.54. The van der Waals surface area contributed by atoms with Gasteiger partial charge in [-0.25, -0.2) is 0 Å². The summed E-state index contributed by atoms with van der Waals surface area (Å²) in [6.07, 6.45) is 1.47. The Labute approximate surface area is 168 Å². The molecule has 0 bridgehead atoms. The largest absolute Gasteiger partial charge is 0.467 e. The molecule has 152 valence electrons. The average Bonchev–Trinajstić information content (AvgIpc) is 3.25. The molecule has 0 aliphatic heterocycles. The number of furan rings is 1. The number of amides is 2. The smallest absolute Gasteiger partial charge is 0.289 e. The van der Waals surface area contributed by atoms with E-state index in [-0.39, 0.29) is 23.4 Å². The van der Waals surface area contributed by atoms with Crippen LogP contribution in [0.15, 0.2) is 65.3 Å². The minimum Gasteiger partial charge on any atom is -0.467 e. The zero-order valence-electron chi connectivity index (χ0n) is 15.2. The van der Waals surface area contributed by atoms with Gasteiger partial charge in [-0.15, -0.1) is 0 Å². The third-order valence-electron chi connectivity index (χ3n) is 4.06. The van der Waals surface area contributed by atoms with E-state index in [1.165, 1.54) is 18.4 Å². The van der Waals surface area contributed by atoms with Crippen molar-refractivity contribution >= 4 is 28.9 Å². The fraction of sp³-hybridized carbons (Fsp3) is 0.0526. The van der Waals surface area contributed by atoms with Gasteiger partial charge in [-0.1, -0.05) is 12.1 Å². The highest BCUT2D eigenvalue weighted by molar-refractivity contribution is 6.10. The van der Waals surface area contributed by atoms with Crippen molar-refractivity contribution in [2.45, 2.75) is 6.54 Å². The van der Waals surface area contributed by atoms with Crippen molar-refractivity contribution in [1.82, 2.24) is 5.32 Å². The normalized spacial score (nSPS) is 10.3. The van der Waals surface area contributed by atoms with E-state index in [1.807, 2.05) is 0 Å². The number of anilines is 1. The molecule has 0 fully saturated rings. The fourth-order valence-electron chi connectivity index (χ4n) is 2.63. The van der Waals surface area contributed by atoms with E-state index in [9.17, 15) is 29.8 Å². The van der Waals surface area contributed by atoms with Gasteiger partial charge in [-0.2, -0.15) is 0 Å². The Kier molecular flexibility index (Phi) is 5.82. The maximum absolute atomic E-state index is 12.6. The van der Waals surface area contributed by atoms with Crippen LogP contribution in [0.4, 0.5) is 17.1 Å². The van der Waals surface area contributed by atoms with Crippen LogP contribution in [0.3, 0.4) is 0 Å². The summed E-state index contributed by atoms with van der Waals surface area (Å²) in [4.78, 5) is 45.5. The van der Waals surface area contributed by atoms with Crippen molar-refractivity contribution in [3.05, 3.63) is 98.0 Å². The summed E-state index contributed by atoms with van der Waals surface area (Å²) in [6, 6.07) is 12.1. The predicted octanol–water partition coefficient (Wildman–Crippen LogP) is 3.28. The SMILES string of the molecule is O=C(NCc1ccco1)c1ccccc1NC(=O)c1ccc([N+](=O)[O-])cc1[N+](=O)[O-]. The summed E-state index contributed by atoms with van der Waals surface area (Å²) in [5, 5.41) is 27.2. The van der Waals surface area contributed by atoms with Gasteiger partial charge in [-0.3, -0.25) is 29.8 Å². The van der Waals surface area contributed by atoms with Crippen molar-refractivity contribution in [2.75, 3.05) is 5.32 Å². The molecule has 0 spiro atoms. The topological polar surface area (TPSA) is 158 Å². The third-order valence-corrected chi connectivity index (χ3v) is 4.06. The van der Waals surface area contributed by atoms with Gasteiger partial charge in [-0.05, 0) is 30.3 Å². The molecule has 0 atom stereocenters. The zero-order chi connectivity index (χ0) is 21.7. The number of non-ortho nitro benzene ring substituents is 1. The Morgan fingerprint density at radius 2 is 1.67 bits per heavy atom. The Morgan fingerprint density at radius 3 is 2.33 bits per heavy atom. The maximum Gasteiger partial charge on any atom is 0.289 e. The van der Waals surface area contributed by atoms with Crippen molar-refractivity contribution in [3.63, 3.8) is 0 Å². The van der Waals surface area contributed by atoms with Gasteiger partial charge in [0, 0.05) is 6.07 Å². The standard InChI is InChI=1S/C19H14N4O7/c24-18(20-11-13-4-3-9-30-13)14-5-1-2-6-16(14)21-19(25)15-8-7-12(22(26)27)10-17(15)23(28)29/h1-10H,11H2,(H,20,24)(H,21,25). The molecule has 2 aromatic carbocycles. The molecule has 11 nitrogen and oxygen atoms in total. The second-order valence-corrected chi connectivity index (χ2v) is 5.98. The molecule has 3 aromatic rings. The van der Waals surface area contributed by atoms with Crippen LogP contribution in [0.25, 0.3) is 0 Å². The number of carbonyl (C=O) groups excluding carboxylic acids is 2. The lowest BCUT2D eigenvalue weighted by Crippen LogP contribution is -2.24. The molecule has 2 N–H and O–H groups in total. The molecule has 0 saturated carbocycles. The Morgan fingerprint density at radius 1 is 0.900 bits per heavy atom. The van der Waals surface area contributed by atoms with Crippen LogP contribution in [0.5, 0.6) is 0 Å². The molecule has 1 aromatic heterocycles. The molecule has 0 radical (unpaired) electrons. The monoisotopic (exact) mass is 410 g/mol. The van der Waals surface area contributed by atoms with Crippen molar-refractivity contribution in [2.24, 2.45) is 0 Å². The van der Waals surface area contributed by atoms with Gasteiger partial charge < -0.3 is 15.1 Å². The number of nitrogens with zero attached hydrogens (tertiary/aromatic N) is 2. The highest BCUT2D eigenvalue weighted by atomic mass is 16.6. The number of nitro benzene ring substituents is 2. The zero-order valence-corrected chi connectivity index (χ0v) is 15.2. The number of hydrogen-bond acceptors (Lipinski definition) is 7. The van der Waals surface area contributed by atoms with Crippen molar-refractivity contribution < 1.29 is 23.9 Å². The third kappa shape index (κ3) is 4.47. The number of carbonyl (C=O) groups is 2. The summed E-state index contributed by atoms with van der Waals surface area (Å²) < 4.78 is 5.14. The van der Waals surface area contributed by atoms with Gasteiger partial charge in [0.2, 0.25) is 0 Å². The van der Waals surface area contributed by atoms with E-state index in [0.717, 1.165) is 12.1 Å². The second-order valence-electron chi connectivity index (χ2n) is 5.98. The molecule has 3 rings (SSSR count). The van der Waals surface area contributed by atoms with Crippen LogP contribution in [0.2, 0.25) is 0 Å². The summed E-state index contributed by atoms with van der Waals surface area (Å²) in [6.45, 7) is 0.127. The van der Waals surface area contributed by atoms with Crippen LogP contribution in [-0.4, -0.2) is 21.7 Å². The number of benzene rings is 2. The second kappa shape index (κ2) is 8.65. The number of hydrogen-bond donors (Lipinski definition) is 2. The lowest BCUT2D eigenvalue weighted by atomic mass is 10.1.